The Balaban J connectivity index is 1.52. The van der Waals surface area contributed by atoms with Crippen LogP contribution < -0.4 is 0 Å². The molecule has 4 nitrogen and oxygen atoms in total. The molecule has 0 bridgehead atoms. The van der Waals surface area contributed by atoms with Gasteiger partial charge in [-0.3, -0.25) is 0 Å². The minimum absolute atomic E-state index is 0.543. The highest BCUT2D eigenvalue weighted by Crippen LogP contribution is 2.24. The molecule has 0 fully saturated rings. The van der Waals surface area contributed by atoms with Crippen LogP contribution in [0.4, 0.5) is 0 Å². The number of benzene rings is 2. The lowest BCUT2D eigenvalue weighted by Gasteiger charge is -1.94. The molecule has 118 valence electrons. The molecule has 6 heteroatoms. The van der Waals surface area contributed by atoms with Gasteiger partial charge in [0.2, 0.25) is 11.7 Å². The predicted molar refractivity (Wildman–Crippen MR) is 97.8 cm³/mol. The second kappa shape index (κ2) is 6.67. The molecule has 0 saturated carbocycles. The first kappa shape index (κ1) is 15.2. The van der Waals surface area contributed by atoms with Gasteiger partial charge in [-0.15, -0.1) is 11.3 Å². The summed E-state index contributed by atoms with van der Waals surface area (Å²) in [6.07, 6.45) is 0.543. The fraction of sp³-hybridized carbons (Fsp3) is 0.0556. The first-order valence-electron chi connectivity index (χ1n) is 7.36. The zero-order valence-corrected chi connectivity index (χ0v) is 14.9. The van der Waals surface area contributed by atoms with Gasteiger partial charge in [0.25, 0.3) is 0 Å². The topological polar surface area (TPSA) is 51.8 Å². The van der Waals surface area contributed by atoms with Gasteiger partial charge in [0.1, 0.15) is 5.01 Å². The van der Waals surface area contributed by atoms with Crippen molar-refractivity contribution < 1.29 is 4.52 Å². The molecule has 24 heavy (non-hydrogen) atoms. The molecule has 0 aliphatic rings. The Morgan fingerprint density at radius 3 is 2.50 bits per heavy atom. The van der Waals surface area contributed by atoms with Crippen molar-refractivity contribution >= 4 is 27.3 Å². The standard InChI is InChI=1S/C18H12BrN3OS/c19-14-8-6-13(7-9-14)18-21-16(23-22-18)10-17-20-15(11-24-17)12-4-2-1-3-5-12/h1-9,11H,10H2. The average Bonchev–Trinajstić information content (AvgIpc) is 3.27. The third kappa shape index (κ3) is 3.29. The molecule has 0 aliphatic carbocycles. The van der Waals surface area contributed by atoms with E-state index in [1.807, 2.05) is 42.5 Å². The van der Waals surface area contributed by atoms with Crippen LogP contribution in [-0.2, 0) is 6.42 Å². The number of hydrogen-bond donors (Lipinski definition) is 0. The quantitative estimate of drug-likeness (QED) is 0.473. The van der Waals surface area contributed by atoms with Crippen molar-refractivity contribution in [3.63, 3.8) is 0 Å². The second-order valence-electron chi connectivity index (χ2n) is 5.19. The third-order valence-electron chi connectivity index (χ3n) is 3.49. The van der Waals surface area contributed by atoms with Crippen LogP contribution in [0.5, 0.6) is 0 Å². The van der Waals surface area contributed by atoms with E-state index in [0.717, 1.165) is 26.3 Å². The lowest BCUT2D eigenvalue weighted by molar-refractivity contribution is 0.385. The molecular weight excluding hydrogens is 386 g/mol. The number of halogens is 1. The molecule has 0 unspecified atom stereocenters. The van der Waals surface area contributed by atoms with Crippen LogP contribution in [0.2, 0.25) is 0 Å². The van der Waals surface area contributed by atoms with Crippen LogP contribution in [0.3, 0.4) is 0 Å². The summed E-state index contributed by atoms with van der Waals surface area (Å²) >= 11 is 5.02. The Morgan fingerprint density at radius 1 is 0.917 bits per heavy atom. The Bertz CT molecular complexity index is 948. The van der Waals surface area contributed by atoms with Crippen molar-refractivity contribution in [2.24, 2.45) is 0 Å². The van der Waals surface area contributed by atoms with Gasteiger partial charge < -0.3 is 4.52 Å². The van der Waals surface area contributed by atoms with Gasteiger partial charge in [-0.1, -0.05) is 51.4 Å². The fourth-order valence-corrected chi connectivity index (χ4v) is 3.36. The van der Waals surface area contributed by atoms with Crippen molar-refractivity contribution in [1.29, 1.82) is 0 Å². The lowest BCUT2D eigenvalue weighted by Crippen LogP contribution is -1.88. The summed E-state index contributed by atoms with van der Waals surface area (Å²) in [5, 5.41) is 7.06. The van der Waals surface area contributed by atoms with E-state index >= 15 is 0 Å². The van der Waals surface area contributed by atoms with Crippen LogP contribution in [0, 0.1) is 0 Å². The molecule has 2 aromatic heterocycles. The molecule has 2 heterocycles. The highest BCUT2D eigenvalue weighted by molar-refractivity contribution is 9.10. The maximum Gasteiger partial charge on any atom is 0.233 e. The number of aromatic nitrogens is 3. The van der Waals surface area contributed by atoms with Gasteiger partial charge in [-0.05, 0) is 24.3 Å². The van der Waals surface area contributed by atoms with Gasteiger partial charge in [-0.2, -0.15) is 4.98 Å². The number of rotatable bonds is 4. The van der Waals surface area contributed by atoms with Crippen molar-refractivity contribution in [3.8, 4) is 22.6 Å². The van der Waals surface area contributed by atoms with E-state index in [9.17, 15) is 0 Å². The van der Waals surface area contributed by atoms with Gasteiger partial charge >= 0.3 is 0 Å². The van der Waals surface area contributed by atoms with Gasteiger partial charge in [0.05, 0.1) is 12.1 Å². The molecule has 4 rings (SSSR count). The summed E-state index contributed by atoms with van der Waals surface area (Å²) < 4.78 is 6.38. The minimum atomic E-state index is 0.543. The molecule has 0 radical (unpaired) electrons. The zero-order chi connectivity index (χ0) is 16.4. The summed E-state index contributed by atoms with van der Waals surface area (Å²) in [6.45, 7) is 0. The highest BCUT2D eigenvalue weighted by atomic mass is 79.9. The van der Waals surface area contributed by atoms with Crippen LogP contribution in [-0.4, -0.2) is 15.1 Å². The van der Waals surface area contributed by atoms with Gasteiger partial charge in [-0.25, -0.2) is 4.98 Å². The van der Waals surface area contributed by atoms with Crippen LogP contribution in [0.15, 0.2) is 69.0 Å². The molecule has 0 atom stereocenters. The Hall–Kier alpha value is -2.31. The molecule has 4 aromatic rings. The van der Waals surface area contributed by atoms with Gasteiger partial charge in [0, 0.05) is 21.0 Å². The second-order valence-corrected chi connectivity index (χ2v) is 7.05. The monoisotopic (exact) mass is 397 g/mol. The number of nitrogens with zero attached hydrogens (tertiary/aromatic N) is 3. The Kier molecular flexibility index (Phi) is 4.23. The third-order valence-corrected chi connectivity index (χ3v) is 4.87. The largest absolute Gasteiger partial charge is 0.339 e. The molecule has 0 amide bonds. The molecule has 0 saturated heterocycles. The van der Waals surface area contributed by atoms with Crippen LogP contribution in [0.1, 0.15) is 10.9 Å². The molecule has 2 aromatic carbocycles. The zero-order valence-electron chi connectivity index (χ0n) is 12.5. The maximum atomic E-state index is 5.36. The number of thiazole rings is 1. The fourth-order valence-electron chi connectivity index (χ4n) is 2.31. The van der Waals surface area contributed by atoms with Crippen molar-refractivity contribution in [2.45, 2.75) is 6.42 Å². The first-order chi connectivity index (χ1) is 11.8. The van der Waals surface area contributed by atoms with Crippen molar-refractivity contribution in [2.75, 3.05) is 0 Å². The first-order valence-corrected chi connectivity index (χ1v) is 9.03. The SMILES string of the molecule is Brc1ccc(-c2noc(Cc3nc(-c4ccccc4)cs3)n2)cc1. The smallest absolute Gasteiger partial charge is 0.233 e. The van der Waals surface area contributed by atoms with E-state index < -0.39 is 0 Å². The summed E-state index contributed by atoms with van der Waals surface area (Å²) in [6, 6.07) is 17.9. The van der Waals surface area contributed by atoms with E-state index in [1.165, 1.54) is 0 Å². The summed E-state index contributed by atoms with van der Waals surface area (Å²) in [7, 11) is 0. The van der Waals surface area contributed by atoms with Gasteiger partial charge in [0.15, 0.2) is 0 Å². The average molecular weight is 398 g/mol. The van der Waals surface area contributed by atoms with E-state index in [2.05, 4.69) is 48.6 Å². The molecule has 0 spiro atoms. The van der Waals surface area contributed by atoms with Crippen molar-refractivity contribution in [3.05, 3.63) is 75.3 Å². The Labute approximate surface area is 151 Å². The minimum Gasteiger partial charge on any atom is -0.339 e. The summed E-state index contributed by atoms with van der Waals surface area (Å²) in [5.41, 5.74) is 3.02. The van der Waals surface area contributed by atoms with Crippen LogP contribution >= 0.6 is 27.3 Å². The lowest BCUT2D eigenvalue weighted by atomic mass is 10.2. The van der Waals surface area contributed by atoms with E-state index in [-0.39, 0.29) is 0 Å². The summed E-state index contributed by atoms with van der Waals surface area (Å²) in [5.74, 6) is 1.17. The highest BCUT2D eigenvalue weighted by Gasteiger charge is 2.12. The normalized spacial score (nSPS) is 10.9. The van der Waals surface area contributed by atoms with E-state index in [0.29, 0.717) is 18.1 Å². The van der Waals surface area contributed by atoms with E-state index in [1.54, 1.807) is 11.3 Å². The van der Waals surface area contributed by atoms with Crippen LogP contribution in [0.25, 0.3) is 22.6 Å². The molecule has 0 N–H and O–H groups in total. The van der Waals surface area contributed by atoms with E-state index in [4.69, 9.17) is 4.52 Å². The van der Waals surface area contributed by atoms with Crippen molar-refractivity contribution in [1.82, 2.24) is 15.1 Å². The molecule has 0 aliphatic heterocycles. The number of hydrogen-bond acceptors (Lipinski definition) is 5. The molecular formula is C18H12BrN3OS. The summed E-state index contributed by atoms with van der Waals surface area (Å²) in [4.78, 5) is 9.11. The Morgan fingerprint density at radius 2 is 1.71 bits per heavy atom. The maximum absolute atomic E-state index is 5.36. The predicted octanol–water partition coefficient (Wildman–Crippen LogP) is 5.21.